The van der Waals surface area contributed by atoms with Crippen LogP contribution >= 0.6 is 0 Å². The summed E-state index contributed by atoms with van der Waals surface area (Å²) in [5.41, 5.74) is -1.88. The van der Waals surface area contributed by atoms with Gasteiger partial charge in [-0.1, -0.05) is 6.92 Å². The maximum atomic E-state index is 13.6. The summed E-state index contributed by atoms with van der Waals surface area (Å²) in [7, 11) is 0. The number of halogens is 6. The van der Waals surface area contributed by atoms with E-state index in [0.717, 1.165) is 24.4 Å². The fraction of sp³-hybridized carbons (Fsp3) is 0.357. The Labute approximate surface area is 236 Å². The van der Waals surface area contributed by atoms with Gasteiger partial charge < -0.3 is 15.2 Å². The summed E-state index contributed by atoms with van der Waals surface area (Å²) in [5, 5.41) is 22.5. The number of fused-ring (bicyclic) bond motifs is 1. The number of carbonyl (C=O) groups is 1. The first kappa shape index (κ1) is 30.4. The Morgan fingerprint density at radius 2 is 1.83 bits per heavy atom. The largest absolute Gasteiger partial charge is 0.504 e. The standard InChI is InChI=1S/C28H25F6N5O3/c1-3-19-12-21(20-11-17(27(29,30)31)5-6-23(20)39(19)26(41)42-4-2)37-25-36-14-24(40)22(38-25)10-15-7-16(13-35)9-18(8-15)28(32,33)34/h5-9,11,14,19,21,40H,3-4,10,12H2,1-2H3,(H,36,37,38)/t19-,21+/m1/s1. The number of hydrogen-bond acceptors (Lipinski definition) is 7. The molecule has 0 fully saturated rings. The van der Waals surface area contributed by atoms with Crippen LogP contribution in [0.3, 0.4) is 0 Å². The molecular weight excluding hydrogens is 568 g/mol. The van der Waals surface area contributed by atoms with Crippen LogP contribution in [-0.4, -0.2) is 33.8 Å². The molecule has 222 valence electrons. The number of nitriles is 1. The first-order valence-corrected chi connectivity index (χ1v) is 12.8. The number of hydrogen-bond donors (Lipinski definition) is 2. The first-order chi connectivity index (χ1) is 19.7. The minimum Gasteiger partial charge on any atom is -0.504 e. The fourth-order valence-corrected chi connectivity index (χ4v) is 4.84. The van der Waals surface area contributed by atoms with Gasteiger partial charge in [-0.25, -0.2) is 14.8 Å². The SMILES string of the molecule is CCOC(=O)N1c2ccc(C(F)(F)F)cc2[C@@H](Nc2ncc(O)c(Cc3cc(C#N)cc(C(F)(F)F)c3)n2)C[C@H]1CC. The van der Waals surface area contributed by atoms with Crippen molar-refractivity contribution in [2.24, 2.45) is 0 Å². The molecule has 0 saturated carbocycles. The smallest absolute Gasteiger partial charge is 0.416 e. The number of carbonyl (C=O) groups excluding carboxylic acids is 1. The van der Waals surface area contributed by atoms with Gasteiger partial charge in [0.1, 0.15) is 0 Å². The minimum atomic E-state index is -4.71. The van der Waals surface area contributed by atoms with Crippen LogP contribution in [0.25, 0.3) is 0 Å². The number of benzene rings is 2. The molecule has 1 amide bonds. The summed E-state index contributed by atoms with van der Waals surface area (Å²) in [6.07, 6.45) is -8.76. The second-order valence-electron chi connectivity index (χ2n) is 9.57. The molecule has 0 saturated heterocycles. The monoisotopic (exact) mass is 593 g/mol. The third-order valence-electron chi connectivity index (χ3n) is 6.77. The average Bonchev–Trinajstić information content (AvgIpc) is 2.93. The van der Waals surface area contributed by atoms with E-state index in [1.807, 2.05) is 6.92 Å². The van der Waals surface area contributed by atoms with Crippen LogP contribution in [0.5, 0.6) is 5.75 Å². The predicted molar refractivity (Wildman–Crippen MR) is 139 cm³/mol. The molecule has 1 aliphatic heterocycles. The van der Waals surface area contributed by atoms with Gasteiger partial charge in [0.2, 0.25) is 5.95 Å². The Morgan fingerprint density at radius 1 is 1.12 bits per heavy atom. The molecule has 0 radical (unpaired) electrons. The summed E-state index contributed by atoms with van der Waals surface area (Å²) in [4.78, 5) is 22.3. The topological polar surface area (TPSA) is 111 Å². The lowest BCUT2D eigenvalue weighted by Crippen LogP contribution is -2.46. The van der Waals surface area contributed by atoms with Crippen molar-refractivity contribution in [1.29, 1.82) is 5.26 Å². The zero-order valence-corrected chi connectivity index (χ0v) is 22.3. The molecule has 0 spiro atoms. The molecule has 14 heteroatoms. The minimum absolute atomic E-state index is 0.0512. The van der Waals surface area contributed by atoms with Crippen molar-refractivity contribution < 1.29 is 41.0 Å². The Morgan fingerprint density at radius 3 is 2.45 bits per heavy atom. The Hall–Kier alpha value is -4.54. The van der Waals surface area contributed by atoms with Crippen molar-refractivity contribution in [2.45, 2.75) is 57.5 Å². The molecule has 0 bridgehead atoms. The number of nitrogens with zero attached hydrogens (tertiary/aromatic N) is 4. The van der Waals surface area contributed by atoms with E-state index in [2.05, 4.69) is 15.3 Å². The van der Waals surface area contributed by atoms with Gasteiger partial charge in [0.15, 0.2) is 5.75 Å². The lowest BCUT2D eigenvalue weighted by Gasteiger charge is -2.40. The van der Waals surface area contributed by atoms with E-state index in [9.17, 15) is 36.2 Å². The van der Waals surface area contributed by atoms with Crippen LogP contribution in [0.1, 0.15) is 66.2 Å². The molecule has 4 rings (SSSR count). The predicted octanol–water partition coefficient (Wildman–Crippen LogP) is 6.98. The molecule has 1 aromatic heterocycles. The van der Waals surface area contributed by atoms with Gasteiger partial charge in [-0.2, -0.15) is 31.6 Å². The highest BCUT2D eigenvalue weighted by Gasteiger charge is 2.39. The van der Waals surface area contributed by atoms with Crippen molar-refractivity contribution in [3.8, 4) is 11.8 Å². The molecule has 0 unspecified atom stereocenters. The Bertz CT molecular complexity index is 1520. The summed E-state index contributed by atoms with van der Waals surface area (Å²) in [5.74, 6) is -0.539. The van der Waals surface area contributed by atoms with Crippen LogP contribution in [0.15, 0.2) is 42.6 Å². The normalized spacial score (nSPS) is 16.9. The highest BCUT2D eigenvalue weighted by molar-refractivity contribution is 5.90. The van der Waals surface area contributed by atoms with E-state index in [4.69, 9.17) is 10.00 Å². The number of anilines is 2. The van der Waals surface area contributed by atoms with Crippen molar-refractivity contribution >= 4 is 17.7 Å². The second-order valence-corrected chi connectivity index (χ2v) is 9.57. The number of rotatable bonds is 6. The average molecular weight is 594 g/mol. The number of aromatic hydroxyl groups is 1. The second kappa shape index (κ2) is 11.8. The van der Waals surface area contributed by atoms with Gasteiger partial charge in [0, 0.05) is 12.5 Å². The molecule has 3 aromatic rings. The Kier molecular flexibility index (Phi) is 8.51. The van der Waals surface area contributed by atoms with Gasteiger partial charge in [0.05, 0.1) is 53.0 Å². The number of alkyl halides is 6. The zero-order valence-electron chi connectivity index (χ0n) is 22.3. The van der Waals surface area contributed by atoms with Crippen LogP contribution in [0.4, 0.5) is 42.8 Å². The van der Waals surface area contributed by atoms with Gasteiger partial charge in [-0.15, -0.1) is 0 Å². The fourth-order valence-electron chi connectivity index (χ4n) is 4.84. The van der Waals surface area contributed by atoms with E-state index in [1.165, 1.54) is 17.0 Å². The van der Waals surface area contributed by atoms with Crippen molar-refractivity contribution in [3.63, 3.8) is 0 Å². The summed E-state index contributed by atoms with van der Waals surface area (Å²) in [6.45, 7) is 3.49. The quantitative estimate of drug-likeness (QED) is 0.297. The summed E-state index contributed by atoms with van der Waals surface area (Å²) >= 11 is 0. The van der Waals surface area contributed by atoms with Crippen LogP contribution in [-0.2, 0) is 23.5 Å². The molecule has 2 aromatic carbocycles. The molecule has 0 aliphatic carbocycles. The number of amides is 1. The van der Waals surface area contributed by atoms with Crippen LogP contribution in [0.2, 0.25) is 0 Å². The maximum absolute atomic E-state index is 13.6. The number of nitrogens with one attached hydrogen (secondary N) is 1. The number of aromatic nitrogens is 2. The van der Waals surface area contributed by atoms with E-state index in [-0.39, 0.29) is 53.5 Å². The van der Waals surface area contributed by atoms with E-state index in [0.29, 0.717) is 12.5 Å². The highest BCUT2D eigenvalue weighted by atomic mass is 19.4. The summed E-state index contributed by atoms with van der Waals surface area (Å²) in [6, 6.07) is 6.18. The van der Waals surface area contributed by atoms with Crippen LogP contribution in [0, 0.1) is 11.3 Å². The lowest BCUT2D eigenvalue weighted by molar-refractivity contribution is -0.138. The van der Waals surface area contributed by atoms with Crippen molar-refractivity contribution in [3.05, 3.63) is 76.1 Å². The number of ether oxygens (including phenoxy) is 1. The van der Waals surface area contributed by atoms with Crippen LogP contribution < -0.4 is 10.2 Å². The third-order valence-corrected chi connectivity index (χ3v) is 6.77. The first-order valence-electron chi connectivity index (χ1n) is 12.8. The summed E-state index contributed by atoms with van der Waals surface area (Å²) < 4.78 is 86.0. The molecule has 8 nitrogen and oxygen atoms in total. The van der Waals surface area contributed by atoms with Crippen molar-refractivity contribution in [1.82, 2.24) is 9.97 Å². The van der Waals surface area contributed by atoms with E-state index >= 15 is 0 Å². The lowest BCUT2D eigenvalue weighted by atomic mass is 9.89. The van der Waals surface area contributed by atoms with E-state index < -0.39 is 47.4 Å². The van der Waals surface area contributed by atoms with E-state index in [1.54, 1.807) is 13.0 Å². The third kappa shape index (κ3) is 6.50. The molecule has 2 heterocycles. The Balaban J connectivity index is 1.72. The van der Waals surface area contributed by atoms with Gasteiger partial charge in [0.25, 0.3) is 0 Å². The van der Waals surface area contributed by atoms with Crippen molar-refractivity contribution in [2.75, 3.05) is 16.8 Å². The molecule has 2 atom stereocenters. The highest BCUT2D eigenvalue weighted by Crippen LogP contribution is 2.43. The molecular formula is C28H25F6N5O3. The maximum Gasteiger partial charge on any atom is 0.416 e. The van der Waals surface area contributed by atoms with Gasteiger partial charge in [-0.3, -0.25) is 4.90 Å². The molecule has 2 N–H and O–H groups in total. The molecule has 42 heavy (non-hydrogen) atoms. The van der Waals surface area contributed by atoms with Gasteiger partial charge in [-0.05, 0) is 67.3 Å². The molecule has 1 aliphatic rings. The van der Waals surface area contributed by atoms with Gasteiger partial charge >= 0.3 is 18.4 Å². The zero-order chi connectivity index (χ0) is 30.8.